The summed E-state index contributed by atoms with van der Waals surface area (Å²) in [7, 11) is 0. The van der Waals surface area contributed by atoms with Crippen LogP contribution in [0.3, 0.4) is 0 Å². The lowest BCUT2D eigenvalue weighted by Gasteiger charge is -2.06. The van der Waals surface area contributed by atoms with Crippen molar-refractivity contribution < 1.29 is 14.3 Å². The molecule has 0 fully saturated rings. The molecule has 0 amide bonds. The Labute approximate surface area is 120 Å². The number of carboxylic acid groups (broad SMARTS) is 1. The molecular weight excluding hydrogens is 274 g/mol. The van der Waals surface area contributed by atoms with Crippen LogP contribution in [0.15, 0.2) is 52.9 Å². The maximum Gasteiger partial charge on any atom is 0.335 e. The Morgan fingerprint density at radius 1 is 1.15 bits per heavy atom. The number of aromatic carboxylic acids is 1. The van der Waals surface area contributed by atoms with Gasteiger partial charge in [0, 0.05) is 0 Å². The molecule has 0 saturated heterocycles. The lowest BCUT2D eigenvalue weighted by molar-refractivity contribution is 0.0697. The second kappa shape index (κ2) is 5.02. The van der Waals surface area contributed by atoms with Crippen molar-refractivity contribution in [2.75, 3.05) is 0 Å². The van der Waals surface area contributed by atoms with E-state index in [0.29, 0.717) is 11.5 Å². The van der Waals surface area contributed by atoms with Gasteiger partial charge in [-0.05, 0) is 29.8 Å². The largest absolute Gasteiger partial charge is 0.478 e. The van der Waals surface area contributed by atoms with Crippen molar-refractivity contribution in [1.29, 1.82) is 0 Å². The number of aromatic nitrogens is 1. The molecule has 3 rings (SSSR count). The first-order chi connectivity index (χ1) is 9.65. The van der Waals surface area contributed by atoms with E-state index in [-0.39, 0.29) is 10.8 Å². The molecular formula is C15H11NO3S. The first kappa shape index (κ1) is 12.7. The molecule has 0 aliphatic heterocycles. The number of rotatable bonds is 3. The van der Waals surface area contributed by atoms with Gasteiger partial charge in [-0.2, -0.15) is 12.6 Å². The smallest absolute Gasteiger partial charge is 0.335 e. The predicted octanol–water partition coefficient (Wildman–Crippen LogP) is 3.55. The number of benzene rings is 2. The van der Waals surface area contributed by atoms with Gasteiger partial charge in [-0.3, -0.25) is 0 Å². The lowest BCUT2D eigenvalue weighted by atomic mass is 10.1. The Bertz CT molecular complexity index is 731. The standard InChI is InChI=1S/C15H11NO3S/c17-15(18)10-7-5-9(6-8-10)13(20)14-16-11-3-1-2-4-12(11)19-14/h1-8,13,20H,(H,17,18). The van der Waals surface area contributed by atoms with Gasteiger partial charge in [-0.1, -0.05) is 24.3 Å². The van der Waals surface area contributed by atoms with Gasteiger partial charge in [-0.25, -0.2) is 9.78 Å². The van der Waals surface area contributed by atoms with Gasteiger partial charge in [0.2, 0.25) is 5.89 Å². The van der Waals surface area contributed by atoms with Gasteiger partial charge in [0.25, 0.3) is 0 Å². The zero-order valence-electron chi connectivity index (χ0n) is 10.4. The van der Waals surface area contributed by atoms with Gasteiger partial charge in [0.1, 0.15) is 10.8 Å². The fraction of sp³-hybridized carbons (Fsp3) is 0.0667. The van der Waals surface area contributed by atoms with Crippen molar-refractivity contribution in [3.63, 3.8) is 0 Å². The maximum atomic E-state index is 10.8. The summed E-state index contributed by atoms with van der Waals surface area (Å²) in [6.07, 6.45) is 0. The van der Waals surface area contributed by atoms with Crippen molar-refractivity contribution in [3.05, 3.63) is 65.5 Å². The highest BCUT2D eigenvalue weighted by atomic mass is 32.1. The number of para-hydroxylation sites is 2. The fourth-order valence-electron chi connectivity index (χ4n) is 1.96. The lowest BCUT2D eigenvalue weighted by Crippen LogP contribution is -1.98. The first-order valence-corrected chi connectivity index (χ1v) is 6.53. The number of fused-ring (bicyclic) bond motifs is 1. The average Bonchev–Trinajstić information content (AvgIpc) is 2.90. The highest BCUT2D eigenvalue weighted by Gasteiger charge is 2.16. The van der Waals surface area contributed by atoms with Gasteiger partial charge in [0.15, 0.2) is 5.58 Å². The SMILES string of the molecule is O=C(O)c1ccc(C(S)c2nc3ccccc3o2)cc1. The molecule has 20 heavy (non-hydrogen) atoms. The molecule has 0 aliphatic rings. The molecule has 1 N–H and O–H groups in total. The summed E-state index contributed by atoms with van der Waals surface area (Å²) in [4.78, 5) is 15.2. The second-order valence-electron chi connectivity index (χ2n) is 4.35. The molecule has 1 heterocycles. The van der Waals surface area contributed by atoms with Crippen LogP contribution in [0.2, 0.25) is 0 Å². The minimum absolute atomic E-state index is 0.242. The minimum Gasteiger partial charge on any atom is -0.478 e. The first-order valence-electron chi connectivity index (χ1n) is 6.02. The number of hydrogen-bond acceptors (Lipinski definition) is 4. The topological polar surface area (TPSA) is 63.3 Å². The third-order valence-electron chi connectivity index (χ3n) is 3.02. The third kappa shape index (κ3) is 2.28. The fourth-order valence-corrected chi connectivity index (χ4v) is 2.24. The molecule has 1 unspecified atom stereocenters. The molecule has 0 radical (unpaired) electrons. The number of hydrogen-bond donors (Lipinski definition) is 2. The van der Waals surface area contributed by atoms with Crippen LogP contribution < -0.4 is 0 Å². The van der Waals surface area contributed by atoms with Gasteiger partial charge < -0.3 is 9.52 Å². The highest BCUT2D eigenvalue weighted by Crippen LogP contribution is 2.30. The van der Waals surface area contributed by atoms with Crippen molar-refractivity contribution >= 4 is 29.7 Å². The average molecular weight is 285 g/mol. The van der Waals surface area contributed by atoms with E-state index in [2.05, 4.69) is 17.6 Å². The van der Waals surface area contributed by atoms with Crippen molar-refractivity contribution in [1.82, 2.24) is 4.98 Å². The van der Waals surface area contributed by atoms with Crippen LogP contribution >= 0.6 is 12.6 Å². The van der Waals surface area contributed by atoms with Crippen LogP contribution in [0.25, 0.3) is 11.1 Å². The van der Waals surface area contributed by atoms with Crippen molar-refractivity contribution in [3.8, 4) is 0 Å². The van der Waals surface area contributed by atoms with Gasteiger partial charge in [-0.15, -0.1) is 0 Å². The van der Waals surface area contributed by atoms with Crippen LogP contribution in [0.1, 0.15) is 27.1 Å². The Balaban J connectivity index is 1.94. The van der Waals surface area contributed by atoms with Crippen LogP contribution in [0, 0.1) is 0 Å². The highest BCUT2D eigenvalue weighted by molar-refractivity contribution is 7.80. The van der Waals surface area contributed by atoms with E-state index in [1.165, 1.54) is 0 Å². The zero-order valence-corrected chi connectivity index (χ0v) is 11.2. The predicted molar refractivity (Wildman–Crippen MR) is 78.2 cm³/mol. The quantitative estimate of drug-likeness (QED) is 0.722. The number of thiol groups is 1. The molecule has 100 valence electrons. The molecule has 1 atom stereocenters. The van der Waals surface area contributed by atoms with Gasteiger partial charge >= 0.3 is 5.97 Å². The Morgan fingerprint density at radius 2 is 1.85 bits per heavy atom. The summed E-state index contributed by atoms with van der Waals surface area (Å²) in [5.74, 6) is -0.452. The maximum absolute atomic E-state index is 10.8. The summed E-state index contributed by atoms with van der Waals surface area (Å²) in [6, 6.07) is 14.0. The number of nitrogens with zero attached hydrogens (tertiary/aromatic N) is 1. The Morgan fingerprint density at radius 3 is 2.50 bits per heavy atom. The Kier molecular flexibility index (Phi) is 3.20. The van der Waals surface area contributed by atoms with E-state index >= 15 is 0 Å². The molecule has 4 nitrogen and oxygen atoms in total. The molecule has 5 heteroatoms. The third-order valence-corrected chi connectivity index (χ3v) is 3.54. The summed E-state index contributed by atoms with van der Waals surface area (Å²) >= 11 is 4.50. The monoisotopic (exact) mass is 285 g/mol. The molecule has 0 spiro atoms. The van der Waals surface area contributed by atoms with Crippen LogP contribution in [0.5, 0.6) is 0 Å². The molecule has 3 aromatic rings. The van der Waals surface area contributed by atoms with Crippen molar-refractivity contribution in [2.45, 2.75) is 5.25 Å². The van der Waals surface area contributed by atoms with E-state index in [0.717, 1.165) is 11.1 Å². The van der Waals surface area contributed by atoms with Crippen LogP contribution in [0.4, 0.5) is 0 Å². The van der Waals surface area contributed by atoms with E-state index < -0.39 is 5.97 Å². The van der Waals surface area contributed by atoms with E-state index in [1.54, 1.807) is 24.3 Å². The minimum atomic E-state index is -0.950. The number of carboxylic acids is 1. The number of oxazole rings is 1. The van der Waals surface area contributed by atoms with E-state index in [9.17, 15) is 4.79 Å². The molecule has 0 aliphatic carbocycles. The van der Waals surface area contributed by atoms with Crippen molar-refractivity contribution in [2.24, 2.45) is 0 Å². The van der Waals surface area contributed by atoms with Crippen LogP contribution in [-0.4, -0.2) is 16.1 Å². The molecule has 2 aromatic carbocycles. The summed E-state index contributed by atoms with van der Waals surface area (Å²) in [5, 5.41) is 8.55. The van der Waals surface area contributed by atoms with Gasteiger partial charge in [0.05, 0.1) is 5.56 Å². The summed E-state index contributed by atoms with van der Waals surface area (Å²) in [5.41, 5.74) is 2.57. The van der Waals surface area contributed by atoms with E-state index in [4.69, 9.17) is 9.52 Å². The second-order valence-corrected chi connectivity index (χ2v) is 4.87. The zero-order chi connectivity index (χ0) is 14.1. The normalized spacial score (nSPS) is 12.4. The Hall–Kier alpha value is -2.27. The van der Waals surface area contributed by atoms with Crippen LogP contribution in [-0.2, 0) is 0 Å². The summed E-state index contributed by atoms with van der Waals surface area (Å²) in [6.45, 7) is 0. The summed E-state index contributed by atoms with van der Waals surface area (Å²) < 4.78 is 5.66. The number of carbonyl (C=O) groups is 1. The van der Waals surface area contributed by atoms with E-state index in [1.807, 2.05) is 24.3 Å². The molecule has 0 saturated carbocycles. The molecule has 0 bridgehead atoms. The molecule has 1 aromatic heterocycles.